The van der Waals surface area contributed by atoms with E-state index in [2.05, 4.69) is 130 Å². The highest BCUT2D eigenvalue weighted by Crippen LogP contribution is 2.42. The highest BCUT2D eigenvalue weighted by atomic mass is 15.0. The van der Waals surface area contributed by atoms with Gasteiger partial charge in [0.05, 0.1) is 22.1 Å². The number of pyridine rings is 1. The highest BCUT2D eigenvalue weighted by molar-refractivity contribution is 6.30. The Morgan fingerprint density at radius 1 is 0.412 bits per heavy atom. The van der Waals surface area contributed by atoms with Gasteiger partial charge in [-0.15, -0.1) is 0 Å². The largest absolute Gasteiger partial charge is 0.315 e. The smallest absolute Gasteiger partial charge is 0.0641 e. The van der Waals surface area contributed by atoms with Gasteiger partial charge in [0, 0.05) is 44.2 Å². The molecule has 0 radical (unpaired) electrons. The molecule has 3 aromatic heterocycles. The number of hydrogen-bond donors (Lipinski definition) is 0. The van der Waals surface area contributed by atoms with Crippen molar-refractivity contribution in [1.29, 1.82) is 0 Å². The first kappa shape index (κ1) is 17.9. The Balaban J connectivity index is 1.78. The number of nitrogens with zero attached hydrogens (tertiary/aromatic N) is 2. The van der Waals surface area contributed by atoms with Crippen LogP contribution in [0.1, 0.15) is 0 Å². The molecule has 8 rings (SSSR count). The van der Waals surface area contributed by atoms with Gasteiger partial charge in [-0.1, -0.05) is 91.0 Å². The van der Waals surface area contributed by atoms with Gasteiger partial charge in [-0.3, -0.25) is 0 Å². The molecular weight excluding hydrogens is 412 g/mol. The number of hydrogen-bond acceptors (Lipinski definition) is 0. The van der Waals surface area contributed by atoms with Crippen LogP contribution in [0.2, 0.25) is 0 Å². The van der Waals surface area contributed by atoms with E-state index in [0.29, 0.717) is 0 Å². The molecule has 158 valence electrons. The summed E-state index contributed by atoms with van der Waals surface area (Å²) >= 11 is 0. The number of fused-ring (bicyclic) bond motifs is 12. The average Bonchev–Trinajstić information content (AvgIpc) is 3.46. The molecule has 0 saturated heterocycles. The Kier molecular flexibility index (Phi) is 3.42. The minimum atomic E-state index is 1.18. The number of para-hydroxylation sites is 3. The fourth-order valence-electron chi connectivity index (χ4n) is 5.88. The second-order valence-electron chi connectivity index (χ2n) is 9.02. The Labute approximate surface area is 195 Å². The molecule has 0 aliphatic carbocycles. The molecule has 3 heterocycles. The zero-order chi connectivity index (χ0) is 22.2. The summed E-state index contributed by atoms with van der Waals surface area (Å²) in [6.07, 6.45) is 2.29. The topological polar surface area (TPSA) is 9.34 Å². The van der Waals surface area contributed by atoms with Crippen molar-refractivity contribution in [3.63, 3.8) is 0 Å². The van der Waals surface area contributed by atoms with E-state index in [1.165, 1.54) is 65.5 Å². The summed E-state index contributed by atoms with van der Waals surface area (Å²) in [6, 6.07) is 41.7. The lowest BCUT2D eigenvalue weighted by Gasteiger charge is -2.14. The van der Waals surface area contributed by atoms with E-state index < -0.39 is 0 Å². The van der Waals surface area contributed by atoms with Crippen LogP contribution in [0.15, 0.2) is 121 Å². The number of rotatable bonds is 1. The molecule has 2 heteroatoms. The van der Waals surface area contributed by atoms with E-state index in [-0.39, 0.29) is 0 Å². The zero-order valence-corrected chi connectivity index (χ0v) is 18.4. The summed E-state index contributed by atoms with van der Waals surface area (Å²) < 4.78 is 4.85. The van der Waals surface area contributed by atoms with Gasteiger partial charge in [-0.2, -0.15) is 0 Å². The van der Waals surface area contributed by atoms with E-state index in [4.69, 9.17) is 0 Å². The van der Waals surface area contributed by atoms with E-state index in [1.54, 1.807) is 0 Å². The Hall–Kier alpha value is -4.56. The maximum Gasteiger partial charge on any atom is 0.0641 e. The van der Waals surface area contributed by atoms with E-state index in [1.807, 2.05) is 0 Å². The van der Waals surface area contributed by atoms with E-state index in [9.17, 15) is 0 Å². The highest BCUT2D eigenvalue weighted by Gasteiger charge is 2.20. The summed E-state index contributed by atoms with van der Waals surface area (Å²) in [4.78, 5) is 0. The molecule has 5 aromatic carbocycles. The average molecular weight is 433 g/mol. The predicted molar refractivity (Wildman–Crippen MR) is 144 cm³/mol. The van der Waals surface area contributed by atoms with Crippen molar-refractivity contribution >= 4 is 59.8 Å². The van der Waals surface area contributed by atoms with Gasteiger partial charge in [0.25, 0.3) is 0 Å². The van der Waals surface area contributed by atoms with Crippen LogP contribution < -0.4 is 0 Å². The lowest BCUT2D eigenvalue weighted by molar-refractivity contribution is 1.19. The molecule has 34 heavy (non-hydrogen) atoms. The predicted octanol–water partition coefficient (Wildman–Crippen LogP) is 8.50. The molecule has 0 atom stereocenters. The second-order valence-corrected chi connectivity index (χ2v) is 9.02. The maximum absolute atomic E-state index is 2.45. The summed E-state index contributed by atoms with van der Waals surface area (Å²) in [5.74, 6) is 0. The summed E-state index contributed by atoms with van der Waals surface area (Å²) in [5.41, 5.74) is 6.20. The lowest BCUT2D eigenvalue weighted by atomic mass is 10.00. The standard InChI is InChI=1S/C32H20N2/c1-2-11-22(12-3-1)34-29-17-9-7-15-25(29)27-19-18-26-24-14-6-8-16-28(24)33-20-21-10-4-5-13-23(21)31(33)30(26)32(27)34/h1-20H. The van der Waals surface area contributed by atoms with Gasteiger partial charge in [0.1, 0.15) is 0 Å². The minimum Gasteiger partial charge on any atom is -0.315 e. The van der Waals surface area contributed by atoms with Gasteiger partial charge >= 0.3 is 0 Å². The third-order valence-electron chi connectivity index (χ3n) is 7.27. The normalized spacial score (nSPS) is 12.1. The van der Waals surface area contributed by atoms with Crippen LogP contribution >= 0.6 is 0 Å². The van der Waals surface area contributed by atoms with Gasteiger partial charge in [-0.25, -0.2) is 0 Å². The fraction of sp³-hybridized carbons (Fsp3) is 0. The second kappa shape index (κ2) is 6.49. The van der Waals surface area contributed by atoms with Crippen molar-refractivity contribution in [3.05, 3.63) is 121 Å². The van der Waals surface area contributed by atoms with Crippen molar-refractivity contribution < 1.29 is 0 Å². The Morgan fingerprint density at radius 2 is 1.03 bits per heavy atom. The molecule has 0 saturated carbocycles. The van der Waals surface area contributed by atoms with Gasteiger partial charge < -0.3 is 8.97 Å². The Bertz CT molecular complexity index is 2060. The summed E-state index contributed by atoms with van der Waals surface area (Å²) in [6.45, 7) is 0. The molecule has 0 unspecified atom stereocenters. The minimum absolute atomic E-state index is 1.18. The zero-order valence-electron chi connectivity index (χ0n) is 18.4. The van der Waals surface area contributed by atoms with Crippen molar-refractivity contribution in [2.45, 2.75) is 0 Å². The van der Waals surface area contributed by atoms with Crippen molar-refractivity contribution in [2.75, 3.05) is 0 Å². The van der Waals surface area contributed by atoms with Crippen LogP contribution in [-0.4, -0.2) is 8.97 Å². The van der Waals surface area contributed by atoms with Gasteiger partial charge in [0.2, 0.25) is 0 Å². The van der Waals surface area contributed by atoms with E-state index >= 15 is 0 Å². The van der Waals surface area contributed by atoms with Crippen molar-refractivity contribution in [3.8, 4) is 5.69 Å². The Morgan fingerprint density at radius 3 is 1.85 bits per heavy atom. The van der Waals surface area contributed by atoms with Gasteiger partial charge in [-0.05, 0) is 29.7 Å². The monoisotopic (exact) mass is 432 g/mol. The van der Waals surface area contributed by atoms with Crippen LogP contribution in [-0.2, 0) is 0 Å². The lowest BCUT2D eigenvalue weighted by Crippen LogP contribution is -1.96. The van der Waals surface area contributed by atoms with Crippen LogP contribution in [0.5, 0.6) is 0 Å². The van der Waals surface area contributed by atoms with Crippen LogP contribution in [0.3, 0.4) is 0 Å². The maximum atomic E-state index is 2.45. The molecule has 0 N–H and O–H groups in total. The fourth-order valence-corrected chi connectivity index (χ4v) is 5.88. The molecule has 0 aliphatic heterocycles. The molecular formula is C32H20N2. The SMILES string of the molecule is c1ccc(-n2c3ccccc3c3ccc4c5ccccc5n5cc6ccccc6c5c4c32)cc1. The molecule has 2 nitrogen and oxygen atoms in total. The first-order valence-electron chi connectivity index (χ1n) is 11.7. The number of aromatic nitrogens is 2. The quantitative estimate of drug-likeness (QED) is 0.230. The third kappa shape index (κ3) is 2.20. The first-order chi connectivity index (χ1) is 16.9. The molecule has 8 aromatic rings. The van der Waals surface area contributed by atoms with E-state index in [0.717, 1.165) is 0 Å². The van der Waals surface area contributed by atoms with Crippen LogP contribution in [0.4, 0.5) is 0 Å². The summed E-state index contributed by atoms with van der Waals surface area (Å²) in [7, 11) is 0. The number of benzene rings is 5. The van der Waals surface area contributed by atoms with Crippen LogP contribution in [0.25, 0.3) is 65.5 Å². The molecule has 0 bridgehead atoms. The summed E-state index contributed by atoms with van der Waals surface area (Å²) in [5, 5.41) is 8.99. The molecule has 0 amide bonds. The third-order valence-corrected chi connectivity index (χ3v) is 7.27. The van der Waals surface area contributed by atoms with Gasteiger partial charge in [0.15, 0.2) is 0 Å². The van der Waals surface area contributed by atoms with Crippen LogP contribution in [0, 0.1) is 0 Å². The first-order valence-corrected chi connectivity index (χ1v) is 11.7. The molecule has 0 fully saturated rings. The molecule has 0 aliphatic rings. The van der Waals surface area contributed by atoms with Crippen molar-refractivity contribution in [1.82, 2.24) is 8.97 Å². The molecule has 0 spiro atoms. The van der Waals surface area contributed by atoms with Crippen molar-refractivity contribution in [2.24, 2.45) is 0 Å².